The van der Waals surface area contributed by atoms with Gasteiger partial charge in [0.1, 0.15) is 5.82 Å². The lowest BCUT2D eigenvalue weighted by Gasteiger charge is -2.23. The summed E-state index contributed by atoms with van der Waals surface area (Å²) in [5.41, 5.74) is 1.12. The molecule has 0 saturated heterocycles. The molecule has 1 rings (SSSR count). The highest BCUT2D eigenvalue weighted by molar-refractivity contribution is 5.19. The van der Waals surface area contributed by atoms with E-state index in [0.717, 1.165) is 38.0 Å². The van der Waals surface area contributed by atoms with Gasteiger partial charge in [-0.25, -0.2) is 4.39 Å². The van der Waals surface area contributed by atoms with Crippen molar-refractivity contribution < 1.29 is 9.50 Å². The molecule has 0 bridgehead atoms. The van der Waals surface area contributed by atoms with E-state index >= 15 is 0 Å². The van der Waals surface area contributed by atoms with Gasteiger partial charge in [-0.05, 0) is 57.6 Å². The highest BCUT2D eigenvalue weighted by Crippen LogP contribution is 2.17. The summed E-state index contributed by atoms with van der Waals surface area (Å²) < 4.78 is 13.0. The molecule has 0 aliphatic heterocycles. The minimum Gasteiger partial charge on any atom is -0.393 e. The fourth-order valence-electron chi connectivity index (χ4n) is 2.20. The first-order valence-electron chi connectivity index (χ1n) is 7.38. The molecule has 0 aromatic heterocycles. The van der Waals surface area contributed by atoms with Gasteiger partial charge in [0, 0.05) is 12.6 Å². The van der Waals surface area contributed by atoms with E-state index in [1.54, 1.807) is 0 Å². The van der Waals surface area contributed by atoms with Gasteiger partial charge in [0.25, 0.3) is 0 Å². The van der Waals surface area contributed by atoms with Crippen LogP contribution in [-0.2, 0) is 0 Å². The first kappa shape index (κ1) is 17.1. The van der Waals surface area contributed by atoms with E-state index in [1.807, 2.05) is 19.1 Å². The molecule has 0 radical (unpaired) electrons. The van der Waals surface area contributed by atoms with Gasteiger partial charge in [0.05, 0.1) is 6.10 Å². The molecule has 0 aliphatic carbocycles. The Morgan fingerprint density at radius 3 is 2.35 bits per heavy atom. The van der Waals surface area contributed by atoms with E-state index in [2.05, 4.69) is 24.2 Å². The van der Waals surface area contributed by atoms with E-state index in [-0.39, 0.29) is 18.0 Å². The number of benzene rings is 1. The van der Waals surface area contributed by atoms with E-state index in [0.29, 0.717) is 0 Å². The van der Waals surface area contributed by atoms with Gasteiger partial charge in [-0.15, -0.1) is 0 Å². The van der Waals surface area contributed by atoms with Crippen LogP contribution in [0.3, 0.4) is 0 Å². The average Bonchev–Trinajstić information content (AvgIpc) is 2.42. The third kappa shape index (κ3) is 6.46. The van der Waals surface area contributed by atoms with Crippen LogP contribution in [0.2, 0.25) is 0 Å². The standard InChI is InChI=1S/C16H27FN2O/c1-4-18-16(14-5-7-15(17)8-6-14)10-12-19(3)11-9-13(2)20/h5-8,13,16,18,20H,4,9-12H2,1-3H3. The van der Waals surface area contributed by atoms with Crippen LogP contribution in [0, 0.1) is 5.82 Å². The molecule has 1 aromatic carbocycles. The maximum Gasteiger partial charge on any atom is 0.123 e. The van der Waals surface area contributed by atoms with Crippen LogP contribution >= 0.6 is 0 Å². The Balaban J connectivity index is 2.48. The SMILES string of the molecule is CCNC(CCN(C)CCC(C)O)c1ccc(F)cc1. The van der Waals surface area contributed by atoms with Crippen molar-refractivity contribution in [1.82, 2.24) is 10.2 Å². The molecule has 2 atom stereocenters. The highest BCUT2D eigenvalue weighted by Gasteiger charge is 2.11. The number of aliphatic hydroxyl groups excluding tert-OH is 1. The van der Waals surface area contributed by atoms with Crippen molar-refractivity contribution in [3.8, 4) is 0 Å². The van der Waals surface area contributed by atoms with Crippen molar-refractivity contribution in [2.75, 3.05) is 26.7 Å². The summed E-state index contributed by atoms with van der Waals surface area (Å²) in [6, 6.07) is 6.96. The zero-order valence-corrected chi connectivity index (χ0v) is 12.8. The summed E-state index contributed by atoms with van der Waals surface area (Å²) in [7, 11) is 2.07. The molecule has 4 heteroatoms. The van der Waals surface area contributed by atoms with Gasteiger partial charge in [0.15, 0.2) is 0 Å². The summed E-state index contributed by atoms with van der Waals surface area (Å²) >= 11 is 0. The molecule has 3 nitrogen and oxygen atoms in total. The lowest BCUT2D eigenvalue weighted by atomic mass is 10.0. The van der Waals surface area contributed by atoms with E-state index in [4.69, 9.17) is 0 Å². The molecule has 0 saturated carbocycles. The van der Waals surface area contributed by atoms with Crippen LogP contribution in [0.1, 0.15) is 38.3 Å². The van der Waals surface area contributed by atoms with Crippen LogP contribution in [0.15, 0.2) is 24.3 Å². The van der Waals surface area contributed by atoms with Crippen LogP contribution in [0.4, 0.5) is 4.39 Å². The molecule has 1 aromatic rings. The smallest absolute Gasteiger partial charge is 0.123 e. The molecule has 0 fully saturated rings. The van der Waals surface area contributed by atoms with Gasteiger partial charge in [-0.2, -0.15) is 0 Å². The second-order valence-corrected chi connectivity index (χ2v) is 5.39. The Morgan fingerprint density at radius 1 is 1.20 bits per heavy atom. The largest absolute Gasteiger partial charge is 0.393 e. The number of halogens is 1. The van der Waals surface area contributed by atoms with E-state index < -0.39 is 0 Å². The van der Waals surface area contributed by atoms with Gasteiger partial charge >= 0.3 is 0 Å². The Bertz CT molecular complexity index is 367. The van der Waals surface area contributed by atoms with Crippen LogP contribution in [-0.4, -0.2) is 42.8 Å². The number of hydrogen-bond acceptors (Lipinski definition) is 3. The first-order chi connectivity index (χ1) is 9.52. The maximum atomic E-state index is 13.0. The Labute approximate surface area is 121 Å². The van der Waals surface area contributed by atoms with E-state index in [9.17, 15) is 9.50 Å². The fraction of sp³-hybridized carbons (Fsp3) is 0.625. The molecule has 20 heavy (non-hydrogen) atoms. The van der Waals surface area contributed by atoms with Crippen molar-refractivity contribution in [2.45, 2.75) is 38.8 Å². The molecule has 0 spiro atoms. The summed E-state index contributed by atoms with van der Waals surface area (Å²) in [4.78, 5) is 2.22. The Morgan fingerprint density at radius 2 is 1.80 bits per heavy atom. The van der Waals surface area contributed by atoms with Crippen molar-refractivity contribution in [3.05, 3.63) is 35.6 Å². The monoisotopic (exact) mass is 282 g/mol. The predicted molar refractivity (Wildman–Crippen MR) is 81.2 cm³/mol. The molecule has 2 N–H and O–H groups in total. The minimum atomic E-state index is -0.251. The average molecular weight is 282 g/mol. The topological polar surface area (TPSA) is 35.5 Å². The fourth-order valence-corrected chi connectivity index (χ4v) is 2.20. The normalized spacial score (nSPS) is 14.5. The zero-order chi connectivity index (χ0) is 15.0. The molecule has 0 aliphatic rings. The van der Waals surface area contributed by atoms with Gasteiger partial charge in [-0.1, -0.05) is 19.1 Å². The summed E-state index contributed by atoms with van der Waals surface area (Å²) in [5.74, 6) is -0.196. The van der Waals surface area contributed by atoms with Crippen molar-refractivity contribution in [3.63, 3.8) is 0 Å². The van der Waals surface area contributed by atoms with Crippen molar-refractivity contribution in [2.24, 2.45) is 0 Å². The molecular formula is C16H27FN2O. The second kappa shape index (κ2) is 9.06. The first-order valence-corrected chi connectivity index (χ1v) is 7.38. The van der Waals surface area contributed by atoms with Gasteiger partial charge < -0.3 is 15.3 Å². The molecular weight excluding hydrogens is 255 g/mol. The van der Waals surface area contributed by atoms with Crippen LogP contribution < -0.4 is 5.32 Å². The maximum absolute atomic E-state index is 13.0. The number of nitrogens with one attached hydrogen (secondary N) is 1. The van der Waals surface area contributed by atoms with Crippen LogP contribution in [0.5, 0.6) is 0 Å². The molecule has 0 heterocycles. The lowest BCUT2D eigenvalue weighted by molar-refractivity contribution is 0.163. The number of hydrogen-bond donors (Lipinski definition) is 2. The summed E-state index contributed by atoms with van der Waals surface area (Å²) in [5, 5.41) is 12.7. The third-order valence-corrected chi connectivity index (χ3v) is 3.45. The highest BCUT2D eigenvalue weighted by atomic mass is 19.1. The third-order valence-electron chi connectivity index (χ3n) is 3.45. The Hall–Kier alpha value is -0.970. The lowest BCUT2D eigenvalue weighted by Crippen LogP contribution is -2.28. The summed E-state index contributed by atoms with van der Waals surface area (Å²) in [6.45, 7) is 6.61. The minimum absolute atomic E-state index is 0.196. The van der Waals surface area contributed by atoms with Gasteiger partial charge in [0.2, 0.25) is 0 Å². The van der Waals surface area contributed by atoms with Crippen LogP contribution in [0.25, 0.3) is 0 Å². The number of rotatable bonds is 9. The van der Waals surface area contributed by atoms with Crippen molar-refractivity contribution >= 4 is 0 Å². The predicted octanol–water partition coefficient (Wildman–Crippen LogP) is 2.57. The Kier molecular flexibility index (Phi) is 7.73. The summed E-state index contributed by atoms with van der Waals surface area (Å²) in [6.07, 6.45) is 1.51. The quantitative estimate of drug-likeness (QED) is 0.731. The number of aliphatic hydroxyl groups is 1. The molecule has 2 unspecified atom stereocenters. The zero-order valence-electron chi connectivity index (χ0n) is 12.8. The number of nitrogens with zero attached hydrogens (tertiary/aromatic N) is 1. The van der Waals surface area contributed by atoms with Gasteiger partial charge in [-0.3, -0.25) is 0 Å². The molecule has 0 amide bonds. The van der Waals surface area contributed by atoms with Crippen molar-refractivity contribution in [1.29, 1.82) is 0 Å². The molecule has 114 valence electrons. The second-order valence-electron chi connectivity index (χ2n) is 5.39. The van der Waals surface area contributed by atoms with E-state index in [1.165, 1.54) is 12.1 Å².